The first-order valence-corrected chi connectivity index (χ1v) is 12.3. The molecule has 0 aliphatic rings. The third kappa shape index (κ3) is 14.4. The molecule has 25 heavy (non-hydrogen) atoms. The minimum Gasteiger partial charge on any atom is -0.370 e. The summed E-state index contributed by atoms with van der Waals surface area (Å²) in [5, 5.41) is 0. The van der Waals surface area contributed by atoms with Crippen molar-refractivity contribution >= 4 is 8.80 Å². The van der Waals surface area contributed by atoms with E-state index in [1.165, 1.54) is 38.5 Å². The van der Waals surface area contributed by atoms with Crippen molar-refractivity contribution in [1.29, 1.82) is 0 Å². The van der Waals surface area contributed by atoms with E-state index < -0.39 is 8.80 Å². The third-order valence-corrected chi connectivity index (χ3v) is 6.36. The van der Waals surface area contributed by atoms with E-state index in [0.29, 0.717) is 0 Å². The summed E-state index contributed by atoms with van der Waals surface area (Å²) in [7, 11) is -2.73. The first-order chi connectivity index (χ1) is 12.2. The van der Waals surface area contributed by atoms with E-state index in [9.17, 15) is 0 Å². The van der Waals surface area contributed by atoms with Gasteiger partial charge in [0.05, 0.1) is 0 Å². The summed E-state index contributed by atoms with van der Waals surface area (Å²) in [5.41, 5.74) is 2.07. The lowest BCUT2D eigenvalue weighted by Crippen LogP contribution is -2.45. The number of rotatable bonds is 18. The predicted octanol–water partition coefficient (Wildman–Crippen LogP) is 6.61. The molecule has 0 N–H and O–H groups in total. The summed E-state index contributed by atoms with van der Waals surface area (Å²) in [4.78, 5) is 0. The van der Waals surface area contributed by atoms with Gasteiger partial charge in [0.25, 0.3) is 0 Å². The normalized spacial score (nSPS) is 12.6. The highest BCUT2D eigenvalue weighted by Crippen LogP contribution is 2.16. The summed E-state index contributed by atoms with van der Waals surface area (Å²) in [5.74, 6) is 0. The van der Waals surface area contributed by atoms with Crippen LogP contribution in [0.5, 0.6) is 0 Å². The average molecular weight is 371 g/mol. The Balaban J connectivity index is 4.86. The Kier molecular flexibility index (Phi) is 18.1. The zero-order valence-electron chi connectivity index (χ0n) is 17.2. The van der Waals surface area contributed by atoms with E-state index in [2.05, 4.69) is 51.6 Å². The topological polar surface area (TPSA) is 27.7 Å². The van der Waals surface area contributed by atoms with Crippen LogP contribution in [0.3, 0.4) is 0 Å². The van der Waals surface area contributed by atoms with E-state index >= 15 is 0 Å². The van der Waals surface area contributed by atoms with Crippen LogP contribution in [0.25, 0.3) is 0 Å². The first-order valence-electron chi connectivity index (χ1n) is 10.5. The number of allylic oxidation sites excluding steroid dienone is 3. The quantitative estimate of drug-likeness (QED) is 0.154. The van der Waals surface area contributed by atoms with Crippen LogP contribution in [0.2, 0.25) is 0 Å². The lowest BCUT2D eigenvalue weighted by atomic mass is 10.3. The standard InChI is InChI=1S/C21H42O3Si/c1-5-9-13-17-21-25(22-18-14-10-6-2,23-19-15-11-7-3)24-20-16-12-8-4/h9,13,17,21H,5-8,10-12,14-16,18-20H2,1-4H3. The van der Waals surface area contributed by atoms with E-state index in [4.69, 9.17) is 13.3 Å². The lowest BCUT2D eigenvalue weighted by molar-refractivity contribution is 0.0676. The fraction of sp³-hybridized carbons (Fsp3) is 0.810. The molecule has 3 nitrogen and oxygen atoms in total. The maximum atomic E-state index is 6.25. The van der Waals surface area contributed by atoms with Gasteiger partial charge in [0.1, 0.15) is 0 Å². The average Bonchev–Trinajstić information content (AvgIpc) is 2.63. The molecular formula is C21H42O3Si. The van der Waals surface area contributed by atoms with Gasteiger partial charge in [-0.25, -0.2) is 0 Å². The Morgan fingerprint density at radius 1 is 0.600 bits per heavy atom. The molecule has 4 heteroatoms. The third-order valence-electron chi connectivity index (χ3n) is 3.94. The highest BCUT2D eigenvalue weighted by molar-refractivity contribution is 6.66. The van der Waals surface area contributed by atoms with Gasteiger partial charge in [0.15, 0.2) is 0 Å². The van der Waals surface area contributed by atoms with Crippen LogP contribution >= 0.6 is 0 Å². The Morgan fingerprint density at radius 2 is 1.04 bits per heavy atom. The van der Waals surface area contributed by atoms with Gasteiger partial charge in [-0.2, -0.15) is 0 Å². The van der Waals surface area contributed by atoms with Gasteiger partial charge in [0, 0.05) is 19.8 Å². The van der Waals surface area contributed by atoms with Crippen molar-refractivity contribution in [2.24, 2.45) is 0 Å². The molecule has 0 radical (unpaired) electrons. The van der Waals surface area contributed by atoms with Gasteiger partial charge in [-0.3, -0.25) is 0 Å². The molecule has 0 aliphatic carbocycles. The highest BCUT2D eigenvalue weighted by atomic mass is 28.4. The maximum absolute atomic E-state index is 6.25. The number of unbranched alkanes of at least 4 members (excludes halogenated alkanes) is 6. The lowest BCUT2D eigenvalue weighted by Gasteiger charge is -2.27. The minimum absolute atomic E-state index is 0.726. The van der Waals surface area contributed by atoms with E-state index in [1.807, 2.05) is 0 Å². The van der Waals surface area contributed by atoms with Crippen LogP contribution in [0.15, 0.2) is 23.9 Å². The van der Waals surface area contributed by atoms with Crippen LogP contribution in [0.1, 0.15) is 91.9 Å². The van der Waals surface area contributed by atoms with Gasteiger partial charge in [-0.05, 0) is 31.4 Å². The van der Waals surface area contributed by atoms with E-state index in [0.717, 1.165) is 45.5 Å². The van der Waals surface area contributed by atoms with Gasteiger partial charge >= 0.3 is 8.80 Å². The second-order valence-corrected chi connectivity index (χ2v) is 8.87. The van der Waals surface area contributed by atoms with Crippen molar-refractivity contribution in [3.05, 3.63) is 23.9 Å². The van der Waals surface area contributed by atoms with E-state index in [1.54, 1.807) is 0 Å². The SMILES string of the molecule is CCC=CC=C[Si](OCCCCC)(OCCCCC)OCCCCC. The Hall–Kier alpha value is -0.423. The highest BCUT2D eigenvalue weighted by Gasteiger charge is 2.38. The zero-order valence-corrected chi connectivity index (χ0v) is 18.2. The molecular weight excluding hydrogens is 328 g/mol. The molecule has 0 saturated carbocycles. The Morgan fingerprint density at radius 3 is 1.40 bits per heavy atom. The smallest absolute Gasteiger partial charge is 0.370 e. The fourth-order valence-electron chi connectivity index (χ4n) is 2.36. The van der Waals surface area contributed by atoms with Crippen LogP contribution in [-0.4, -0.2) is 28.6 Å². The molecule has 0 saturated heterocycles. The Bertz CT molecular complexity index is 298. The fourth-order valence-corrected chi connectivity index (χ4v) is 4.53. The van der Waals surface area contributed by atoms with Crippen molar-refractivity contribution < 1.29 is 13.3 Å². The first kappa shape index (κ1) is 24.6. The predicted molar refractivity (Wildman–Crippen MR) is 111 cm³/mol. The molecule has 0 rings (SSSR count). The molecule has 0 fully saturated rings. The van der Waals surface area contributed by atoms with Gasteiger partial charge in [-0.15, -0.1) is 0 Å². The van der Waals surface area contributed by atoms with Crippen LogP contribution in [-0.2, 0) is 13.3 Å². The zero-order chi connectivity index (χ0) is 18.6. The van der Waals surface area contributed by atoms with Crippen molar-refractivity contribution in [3.63, 3.8) is 0 Å². The van der Waals surface area contributed by atoms with Crippen molar-refractivity contribution in [2.45, 2.75) is 91.9 Å². The van der Waals surface area contributed by atoms with Crippen LogP contribution in [0, 0.1) is 0 Å². The van der Waals surface area contributed by atoms with Gasteiger partial charge in [0.2, 0.25) is 0 Å². The molecule has 0 aromatic heterocycles. The number of hydrogen-bond donors (Lipinski definition) is 0. The van der Waals surface area contributed by atoms with Crippen molar-refractivity contribution in [3.8, 4) is 0 Å². The summed E-state index contributed by atoms with van der Waals surface area (Å²) >= 11 is 0. The molecule has 0 aromatic rings. The van der Waals surface area contributed by atoms with Crippen molar-refractivity contribution in [1.82, 2.24) is 0 Å². The second-order valence-electron chi connectivity index (χ2n) is 6.47. The summed E-state index contributed by atoms with van der Waals surface area (Å²) in [6.07, 6.45) is 17.7. The van der Waals surface area contributed by atoms with Crippen LogP contribution < -0.4 is 0 Å². The largest absolute Gasteiger partial charge is 0.529 e. The van der Waals surface area contributed by atoms with Gasteiger partial charge in [-0.1, -0.05) is 84.4 Å². The molecule has 0 bridgehead atoms. The Labute approximate surface area is 158 Å². The second kappa shape index (κ2) is 18.4. The van der Waals surface area contributed by atoms with Crippen molar-refractivity contribution in [2.75, 3.05) is 19.8 Å². The molecule has 0 atom stereocenters. The minimum atomic E-state index is -2.73. The molecule has 0 spiro atoms. The molecule has 0 heterocycles. The summed E-state index contributed by atoms with van der Waals surface area (Å²) in [6, 6.07) is 0. The molecule has 0 amide bonds. The van der Waals surface area contributed by atoms with Crippen LogP contribution in [0.4, 0.5) is 0 Å². The monoisotopic (exact) mass is 370 g/mol. The molecule has 0 unspecified atom stereocenters. The number of hydrogen-bond acceptors (Lipinski definition) is 3. The summed E-state index contributed by atoms with van der Waals surface area (Å²) in [6.45, 7) is 10.9. The molecule has 0 aromatic carbocycles. The van der Waals surface area contributed by atoms with E-state index in [-0.39, 0.29) is 0 Å². The maximum Gasteiger partial charge on any atom is 0.529 e. The summed E-state index contributed by atoms with van der Waals surface area (Å²) < 4.78 is 18.7. The molecule has 0 aliphatic heterocycles. The van der Waals surface area contributed by atoms with Gasteiger partial charge < -0.3 is 13.3 Å². The molecule has 148 valence electrons.